The number of benzene rings is 1. The Kier molecular flexibility index (Phi) is 3.68. The standard InChI is InChI=1S/C16H22N4O/c1-10-19-14-7-11(3-6-15(14)20(10)2)9-18-16(21)12-4-5-13(17)8-12/h3,6-7,12-13H,4-5,8-9,17H2,1-2H3,(H,18,21)/t12-,13+/m0/s1. The Morgan fingerprint density at radius 2 is 2.29 bits per heavy atom. The van der Waals surface area contributed by atoms with Crippen LogP contribution in [-0.2, 0) is 18.4 Å². The molecule has 3 rings (SSSR count). The second-order valence-corrected chi connectivity index (χ2v) is 6.03. The van der Waals surface area contributed by atoms with E-state index in [0.717, 1.165) is 41.7 Å². The highest BCUT2D eigenvalue weighted by molar-refractivity contribution is 5.80. The smallest absolute Gasteiger partial charge is 0.223 e. The highest BCUT2D eigenvalue weighted by Crippen LogP contribution is 2.24. The number of imidazole rings is 1. The molecule has 1 heterocycles. The van der Waals surface area contributed by atoms with Crippen molar-refractivity contribution in [3.8, 4) is 0 Å². The number of aryl methyl sites for hydroxylation is 2. The second-order valence-electron chi connectivity index (χ2n) is 6.03. The zero-order chi connectivity index (χ0) is 15.0. The minimum Gasteiger partial charge on any atom is -0.352 e. The summed E-state index contributed by atoms with van der Waals surface area (Å²) in [5.74, 6) is 1.20. The summed E-state index contributed by atoms with van der Waals surface area (Å²) in [6.07, 6.45) is 2.67. The van der Waals surface area contributed by atoms with E-state index in [1.54, 1.807) is 0 Å². The molecule has 3 N–H and O–H groups in total. The van der Waals surface area contributed by atoms with E-state index in [9.17, 15) is 4.79 Å². The van der Waals surface area contributed by atoms with Gasteiger partial charge in [0.1, 0.15) is 5.82 Å². The van der Waals surface area contributed by atoms with Crippen LogP contribution < -0.4 is 11.1 Å². The molecule has 1 fully saturated rings. The van der Waals surface area contributed by atoms with Crippen molar-refractivity contribution >= 4 is 16.9 Å². The lowest BCUT2D eigenvalue weighted by Gasteiger charge is -2.10. The number of fused-ring (bicyclic) bond motifs is 1. The first-order valence-corrected chi connectivity index (χ1v) is 7.50. The van der Waals surface area contributed by atoms with E-state index in [2.05, 4.69) is 20.9 Å². The number of rotatable bonds is 3. The molecule has 5 nitrogen and oxygen atoms in total. The van der Waals surface area contributed by atoms with Crippen molar-refractivity contribution in [2.24, 2.45) is 18.7 Å². The first-order chi connectivity index (χ1) is 10.0. The lowest BCUT2D eigenvalue weighted by Crippen LogP contribution is -2.29. The molecule has 1 aromatic carbocycles. The molecule has 2 atom stereocenters. The molecule has 0 saturated heterocycles. The fraction of sp³-hybridized carbons (Fsp3) is 0.500. The number of amides is 1. The summed E-state index contributed by atoms with van der Waals surface area (Å²) in [5, 5.41) is 3.02. The van der Waals surface area contributed by atoms with E-state index < -0.39 is 0 Å². The summed E-state index contributed by atoms with van der Waals surface area (Å²) in [5.41, 5.74) is 9.03. The van der Waals surface area contributed by atoms with Gasteiger partial charge < -0.3 is 15.6 Å². The lowest BCUT2D eigenvalue weighted by molar-refractivity contribution is -0.125. The number of nitrogens with zero attached hydrogens (tertiary/aromatic N) is 2. The molecule has 0 radical (unpaired) electrons. The Bertz CT molecular complexity index is 676. The van der Waals surface area contributed by atoms with Crippen LogP contribution in [0.15, 0.2) is 18.2 Å². The Morgan fingerprint density at radius 1 is 1.48 bits per heavy atom. The first-order valence-electron chi connectivity index (χ1n) is 7.50. The molecule has 1 saturated carbocycles. The zero-order valence-electron chi connectivity index (χ0n) is 12.6. The summed E-state index contributed by atoms with van der Waals surface area (Å²) >= 11 is 0. The van der Waals surface area contributed by atoms with Crippen LogP contribution in [-0.4, -0.2) is 21.5 Å². The molecule has 0 spiro atoms. The second kappa shape index (κ2) is 5.48. The van der Waals surface area contributed by atoms with Crippen LogP contribution in [0.2, 0.25) is 0 Å². The van der Waals surface area contributed by atoms with Crippen LogP contribution in [0.5, 0.6) is 0 Å². The van der Waals surface area contributed by atoms with E-state index in [4.69, 9.17) is 5.73 Å². The number of hydrogen-bond donors (Lipinski definition) is 2. The summed E-state index contributed by atoms with van der Waals surface area (Å²) in [4.78, 5) is 16.6. The van der Waals surface area contributed by atoms with Crippen molar-refractivity contribution in [1.82, 2.24) is 14.9 Å². The van der Waals surface area contributed by atoms with Crippen molar-refractivity contribution in [3.05, 3.63) is 29.6 Å². The monoisotopic (exact) mass is 286 g/mol. The minimum atomic E-state index is 0.0841. The number of aromatic nitrogens is 2. The van der Waals surface area contributed by atoms with E-state index in [0.29, 0.717) is 6.54 Å². The van der Waals surface area contributed by atoms with E-state index in [-0.39, 0.29) is 17.9 Å². The third-order valence-corrected chi connectivity index (χ3v) is 4.48. The Hall–Kier alpha value is -1.88. The van der Waals surface area contributed by atoms with Crippen LogP contribution in [0.25, 0.3) is 11.0 Å². The average Bonchev–Trinajstić information content (AvgIpc) is 3.01. The Morgan fingerprint density at radius 3 is 3.00 bits per heavy atom. The van der Waals surface area contributed by atoms with Crippen molar-refractivity contribution < 1.29 is 4.79 Å². The van der Waals surface area contributed by atoms with Crippen molar-refractivity contribution in [2.45, 2.75) is 38.8 Å². The SMILES string of the molecule is Cc1nc2cc(CNC(=O)[C@H]3CC[C@@H](N)C3)ccc2n1C. The van der Waals surface area contributed by atoms with Crippen LogP contribution in [0.1, 0.15) is 30.7 Å². The van der Waals surface area contributed by atoms with Gasteiger partial charge in [-0.25, -0.2) is 4.98 Å². The van der Waals surface area contributed by atoms with Crippen LogP contribution in [0.4, 0.5) is 0 Å². The van der Waals surface area contributed by atoms with Gasteiger partial charge in [0.2, 0.25) is 5.91 Å². The van der Waals surface area contributed by atoms with Crippen LogP contribution in [0, 0.1) is 12.8 Å². The van der Waals surface area contributed by atoms with Gasteiger partial charge in [-0.3, -0.25) is 4.79 Å². The molecule has 0 unspecified atom stereocenters. The molecule has 1 aliphatic carbocycles. The zero-order valence-corrected chi connectivity index (χ0v) is 12.6. The highest BCUT2D eigenvalue weighted by atomic mass is 16.1. The fourth-order valence-electron chi connectivity index (χ4n) is 3.06. The molecule has 112 valence electrons. The van der Waals surface area contributed by atoms with E-state index >= 15 is 0 Å². The molecule has 1 aliphatic rings. The van der Waals surface area contributed by atoms with Gasteiger partial charge in [-0.1, -0.05) is 6.07 Å². The van der Waals surface area contributed by atoms with Gasteiger partial charge >= 0.3 is 0 Å². The minimum absolute atomic E-state index is 0.0841. The highest BCUT2D eigenvalue weighted by Gasteiger charge is 2.27. The first kappa shape index (κ1) is 14.1. The summed E-state index contributed by atoms with van der Waals surface area (Å²) in [7, 11) is 2.01. The summed E-state index contributed by atoms with van der Waals surface area (Å²) in [6.45, 7) is 2.54. The molecule has 5 heteroatoms. The van der Waals surface area contributed by atoms with Gasteiger partial charge in [0.15, 0.2) is 0 Å². The van der Waals surface area contributed by atoms with Gasteiger partial charge in [0.05, 0.1) is 11.0 Å². The third-order valence-electron chi connectivity index (χ3n) is 4.48. The van der Waals surface area contributed by atoms with Crippen LogP contribution >= 0.6 is 0 Å². The van der Waals surface area contributed by atoms with Gasteiger partial charge in [0.25, 0.3) is 0 Å². The largest absolute Gasteiger partial charge is 0.352 e. The number of hydrogen-bond acceptors (Lipinski definition) is 3. The fourth-order valence-corrected chi connectivity index (χ4v) is 3.06. The quantitative estimate of drug-likeness (QED) is 0.900. The van der Waals surface area contributed by atoms with Crippen molar-refractivity contribution in [2.75, 3.05) is 0 Å². The molecule has 0 bridgehead atoms. The van der Waals surface area contributed by atoms with Crippen molar-refractivity contribution in [1.29, 1.82) is 0 Å². The maximum atomic E-state index is 12.1. The number of carbonyl (C=O) groups excluding carboxylic acids is 1. The average molecular weight is 286 g/mol. The molecular formula is C16H22N4O. The number of nitrogens with two attached hydrogens (primary N) is 1. The topological polar surface area (TPSA) is 72.9 Å². The molecule has 21 heavy (non-hydrogen) atoms. The number of carbonyl (C=O) groups is 1. The van der Waals surface area contributed by atoms with Gasteiger partial charge in [0, 0.05) is 25.6 Å². The maximum absolute atomic E-state index is 12.1. The van der Waals surface area contributed by atoms with E-state index in [1.165, 1.54) is 0 Å². The molecular weight excluding hydrogens is 264 g/mol. The normalized spacial score (nSPS) is 21.9. The molecule has 1 amide bonds. The molecule has 2 aromatic rings. The van der Waals surface area contributed by atoms with Gasteiger partial charge in [-0.2, -0.15) is 0 Å². The van der Waals surface area contributed by atoms with Crippen LogP contribution in [0.3, 0.4) is 0 Å². The lowest BCUT2D eigenvalue weighted by atomic mass is 10.1. The predicted molar refractivity (Wildman–Crippen MR) is 82.6 cm³/mol. The summed E-state index contributed by atoms with van der Waals surface area (Å²) < 4.78 is 2.07. The molecule has 1 aromatic heterocycles. The Balaban J connectivity index is 1.66. The maximum Gasteiger partial charge on any atom is 0.223 e. The van der Waals surface area contributed by atoms with Gasteiger partial charge in [-0.15, -0.1) is 0 Å². The van der Waals surface area contributed by atoms with Gasteiger partial charge in [-0.05, 0) is 43.9 Å². The van der Waals surface area contributed by atoms with Crippen molar-refractivity contribution in [3.63, 3.8) is 0 Å². The third kappa shape index (κ3) is 2.78. The molecule has 0 aliphatic heterocycles. The number of nitrogens with one attached hydrogen (secondary N) is 1. The Labute approximate surface area is 124 Å². The predicted octanol–water partition coefficient (Wildman–Crippen LogP) is 1.63. The van der Waals surface area contributed by atoms with E-state index in [1.807, 2.05) is 26.1 Å². The summed E-state index contributed by atoms with van der Waals surface area (Å²) in [6, 6.07) is 6.34.